The van der Waals surface area contributed by atoms with Gasteiger partial charge in [0.25, 0.3) is 0 Å². The quantitative estimate of drug-likeness (QED) is 0.840. The molecule has 2 aliphatic heterocycles. The van der Waals surface area contributed by atoms with E-state index in [1.165, 1.54) is 38.0 Å². The summed E-state index contributed by atoms with van der Waals surface area (Å²) in [5.74, 6) is 0. The minimum Gasteiger partial charge on any atom is -0.310 e. The first-order chi connectivity index (χ1) is 8.29. The van der Waals surface area contributed by atoms with Gasteiger partial charge in [-0.2, -0.15) is 0 Å². The summed E-state index contributed by atoms with van der Waals surface area (Å²) in [5, 5.41) is 3.72. The number of nitrogens with one attached hydrogen (secondary N) is 1. The lowest BCUT2D eigenvalue weighted by Gasteiger charge is -2.23. The van der Waals surface area contributed by atoms with Crippen LogP contribution in [-0.2, 0) is 6.54 Å². The lowest BCUT2D eigenvalue weighted by molar-refractivity contribution is 0.248. The number of aryl methyl sites for hydroxylation is 1. The predicted octanol–water partition coefficient (Wildman–Crippen LogP) is 1.72. The third kappa shape index (κ3) is 2.67. The molecular weight excluding hydrogens is 210 g/mol. The predicted molar refractivity (Wildman–Crippen MR) is 68.8 cm³/mol. The Labute approximate surface area is 103 Å². The highest BCUT2D eigenvalue weighted by molar-refractivity contribution is 5.10. The fourth-order valence-electron chi connectivity index (χ4n) is 3.08. The summed E-state index contributed by atoms with van der Waals surface area (Å²) < 4.78 is 0. The Bertz CT molecular complexity index is 391. The minimum atomic E-state index is 0.715. The first kappa shape index (κ1) is 11.2. The van der Waals surface area contributed by atoms with Gasteiger partial charge in [-0.1, -0.05) is 6.07 Å². The average molecular weight is 231 g/mol. The summed E-state index contributed by atoms with van der Waals surface area (Å²) in [6.45, 7) is 5.47. The van der Waals surface area contributed by atoms with Crippen LogP contribution in [0.15, 0.2) is 18.2 Å². The van der Waals surface area contributed by atoms with Gasteiger partial charge in [0.1, 0.15) is 0 Å². The number of rotatable bonds is 2. The fourth-order valence-corrected chi connectivity index (χ4v) is 3.08. The molecule has 2 aliphatic rings. The molecule has 17 heavy (non-hydrogen) atoms. The summed E-state index contributed by atoms with van der Waals surface area (Å²) in [4.78, 5) is 7.15. The summed E-state index contributed by atoms with van der Waals surface area (Å²) in [7, 11) is 0. The molecule has 1 N–H and O–H groups in total. The molecule has 1 aromatic heterocycles. The molecule has 0 saturated carbocycles. The van der Waals surface area contributed by atoms with Crippen molar-refractivity contribution < 1.29 is 0 Å². The lowest BCUT2D eigenvalue weighted by atomic mass is 10.1. The van der Waals surface area contributed by atoms with Crippen molar-refractivity contribution in [3.05, 3.63) is 29.6 Å². The SMILES string of the molecule is Cc1cccc(CN2CCC3CCC(C2)N3)n1. The third-order valence-corrected chi connectivity index (χ3v) is 3.94. The highest BCUT2D eigenvalue weighted by Gasteiger charge is 2.29. The summed E-state index contributed by atoms with van der Waals surface area (Å²) in [6.07, 6.45) is 4.02. The molecular formula is C14H21N3. The van der Waals surface area contributed by atoms with Crippen LogP contribution in [0.1, 0.15) is 30.7 Å². The highest BCUT2D eigenvalue weighted by atomic mass is 15.2. The molecule has 0 radical (unpaired) electrons. The molecule has 92 valence electrons. The van der Waals surface area contributed by atoms with Crippen LogP contribution in [0.2, 0.25) is 0 Å². The van der Waals surface area contributed by atoms with E-state index >= 15 is 0 Å². The van der Waals surface area contributed by atoms with Crippen molar-refractivity contribution in [3.63, 3.8) is 0 Å². The Morgan fingerprint density at radius 2 is 2.18 bits per heavy atom. The van der Waals surface area contributed by atoms with E-state index in [1.54, 1.807) is 0 Å². The Hall–Kier alpha value is -0.930. The molecule has 2 saturated heterocycles. The zero-order valence-corrected chi connectivity index (χ0v) is 10.5. The fraction of sp³-hybridized carbons (Fsp3) is 0.643. The van der Waals surface area contributed by atoms with Gasteiger partial charge in [0, 0.05) is 37.4 Å². The van der Waals surface area contributed by atoms with Crippen LogP contribution in [0.25, 0.3) is 0 Å². The zero-order valence-electron chi connectivity index (χ0n) is 10.5. The topological polar surface area (TPSA) is 28.2 Å². The minimum absolute atomic E-state index is 0.715. The molecule has 1 aromatic rings. The van der Waals surface area contributed by atoms with Crippen molar-refractivity contribution in [2.75, 3.05) is 13.1 Å². The van der Waals surface area contributed by atoms with Crippen LogP contribution in [0, 0.1) is 6.92 Å². The number of hydrogen-bond donors (Lipinski definition) is 1. The van der Waals surface area contributed by atoms with E-state index in [4.69, 9.17) is 0 Å². The molecule has 3 nitrogen and oxygen atoms in total. The van der Waals surface area contributed by atoms with Crippen molar-refractivity contribution in [2.24, 2.45) is 0 Å². The first-order valence-corrected chi connectivity index (χ1v) is 6.70. The van der Waals surface area contributed by atoms with Crippen molar-refractivity contribution in [1.82, 2.24) is 15.2 Å². The molecule has 3 heterocycles. The monoisotopic (exact) mass is 231 g/mol. The van der Waals surface area contributed by atoms with Gasteiger partial charge in [0.2, 0.25) is 0 Å². The maximum absolute atomic E-state index is 4.60. The largest absolute Gasteiger partial charge is 0.310 e. The molecule has 0 aromatic carbocycles. The second-order valence-electron chi connectivity index (χ2n) is 5.43. The van der Waals surface area contributed by atoms with Gasteiger partial charge in [0.05, 0.1) is 5.69 Å². The second-order valence-corrected chi connectivity index (χ2v) is 5.43. The van der Waals surface area contributed by atoms with Gasteiger partial charge in [-0.05, 0) is 38.3 Å². The number of hydrogen-bond acceptors (Lipinski definition) is 3. The third-order valence-electron chi connectivity index (χ3n) is 3.94. The second kappa shape index (κ2) is 4.75. The van der Waals surface area contributed by atoms with E-state index in [0.29, 0.717) is 6.04 Å². The van der Waals surface area contributed by atoms with Gasteiger partial charge in [0.15, 0.2) is 0 Å². The van der Waals surface area contributed by atoms with E-state index in [-0.39, 0.29) is 0 Å². The smallest absolute Gasteiger partial charge is 0.0547 e. The van der Waals surface area contributed by atoms with E-state index in [1.807, 2.05) is 0 Å². The van der Waals surface area contributed by atoms with Gasteiger partial charge < -0.3 is 5.32 Å². The molecule has 3 heteroatoms. The number of aromatic nitrogens is 1. The van der Waals surface area contributed by atoms with Crippen LogP contribution in [-0.4, -0.2) is 35.1 Å². The van der Waals surface area contributed by atoms with Gasteiger partial charge in [-0.3, -0.25) is 9.88 Å². The lowest BCUT2D eigenvalue weighted by Crippen LogP contribution is -2.35. The van der Waals surface area contributed by atoms with E-state index < -0.39 is 0 Å². The van der Waals surface area contributed by atoms with E-state index in [2.05, 4.69) is 40.3 Å². The Kier molecular flexibility index (Phi) is 3.12. The maximum Gasteiger partial charge on any atom is 0.0547 e. The van der Waals surface area contributed by atoms with Crippen molar-refractivity contribution in [1.29, 1.82) is 0 Å². The van der Waals surface area contributed by atoms with Crippen LogP contribution in [0.5, 0.6) is 0 Å². The molecule has 0 aliphatic carbocycles. The van der Waals surface area contributed by atoms with Gasteiger partial charge in [-0.15, -0.1) is 0 Å². The Balaban J connectivity index is 1.65. The van der Waals surface area contributed by atoms with Crippen LogP contribution < -0.4 is 5.32 Å². The molecule has 0 amide bonds. The molecule has 0 spiro atoms. The average Bonchev–Trinajstić information content (AvgIpc) is 2.63. The maximum atomic E-state index is 4.60. The highest BCUT2D eigenvalue weighted by Crippen LogP contribution is 2.21. The summed E-state index contributed by atoms with van der Waals surface area (Å²) in [6, 6.07) is 7.81. The van der Waals surface area contributed by atoms with E-state index in [9.17, 15) is 0 Å². The number of pyridine rings is 1. The standard InChI is InChI=1S/C14H21N3/c1-11-3-2-4-13(15-11)9-17-8-7-12-5-6-14(10-17)16-12/h2-4,12,14,16H,5-10H2,1H3. The molecule has 3 rings (SSSR count). The van der Waals surface area contributed by atoms with E-state index in [0.717, 1.165) is 18.3 Å². The van der Waals surface area contributed by atoms with Crippen molar-refractivity contribution in [3.8, 4) is 0 Å². The van der Waals surface area contributed by atoms with Crippen LogP contribution in [0.3, 0.4) is 0 Å². The molecule has 2 unspecified atom stereocenters. The molecule has 2 bridgehead atoms. The molecule has 2 atom stereocenters. The normalized spacial score (nSPS) is 29.2. The van der Waals surface area contributed by atoms with Gasteiger partial charge >= 0.3 is 0 Å². The van der Waals surface area contributed by atoms with Gasteiger partial charge in [-0.25, -0.2) is 0 Å². The summed E-state index contributed by atoms with van der Waals surface area (Å²) in [5.41, 5.74) is 2.33. The van der Waals surface area contributed by atoms with Crippen molar-refractivity contribution >= 4 is 0 Å². The van der Waals surface area contributed by atoms with Crippen LogP contribution in [0.4, 0.5) is 0 Å². The van der Waals surface area contributed by atoms with Crippen LogP contribution >= 0.6 is 0 Å². The first-order valence-electron chi connectivity index (χ1n) is 6.70. The van der Waals surface area contributed by atoms with Crippen molar-refractivity contribution in [2.45, 2.75) is 44.8 Å². The number of fused-ring (bicyclic) bond motifs is 2. The molecule has 2 fully saturated rings. The zero-order chi connectivity index (χ0) is 11.7. The Morgan fingerprint density at radius 3 is 3.06 bits per heavy atom. The number of likely N-dealkylation sites (tertiary alicyclic amines) is 1. The summed E-state index contributed by atoms with van der Waals surface area (Å²) >= 11 is 0. The number of nitrogens with zero attached hydrogens (tertiary/aromatic N) is 2. The Morgan fingerprint density at radius 1 is 1.29 bits per heavy atom.